The quantitative estimate of drug-likeness (QED) is 0.779. The average molecular weight is 349 g/mol. The van der Waals surface area contributed by atoms with E-state index in [0.717, 1.165) is 11.1 Å². The number of rotatable bonds is 4. The molecule has 1 aromatic carbocycles. The topological polar surface area (TPSA) is 85.1 Å². The monoisotopic (exact) mass is 349 g/mol. The largest absolute Gasteiger partial charge is 0.333 e. The highest BCUT2D eigenvalue weighted by atomic mass is 32.2. The lowest BCUT2D eigenvalue weighted by Crippen LogP contribution is -2.13. The van der Waals surface area contributed by atoms with Gasteiger partial charge in [0.15, 0.2) is 5.82 Å². The third-order valence-corrected chi connectivity index (χ3v) is 5.69. The number of benzene rings is 1. The molecule has 120 valence electrons. The number of aryl methyl sites for hydroxylation is 3. The zero-order chi connectivity index (χ0) is 16.6. The minimum atomic E-state index is -3.68. The highest BCUT2D eigenvalue weighted by Gasteiger charge is 2.20. The van der Waals surface area contributed by atoms with Crippen molar-refractivity contribution >= 4 is 27.0 Å². The van der Waals surface area contributed by atoms with Crippen LogP contribution in [0.5, 0.6) is 0 Å². The molecule has 0 aliphatic rings. The number of nitrogens with one attached hydrogen (secondary N) is 1. The molecular formula is C15H15N3O3S2. The van der Waals surface area contributed by atoms with Gasteiger partial charge in [-0.1, -0.05) is 11.2 Å². The Morgan fingerprint density at radius 3 is 2.57 bits per heavy atom. The van der Waals surface area contributed by atoms with Crippen molar-refractivity contribution < 1.29 is 12.9 Å². The van der Waals surface area contributed by atoms with Gasteiger partial charge in [0, 0.05) is 0 Å². The average Bonchev–Trinajstić information content (AvgIpc) is 3.10. The Bertz CT molecular complexity index is 958. The van der Waals surface area contributed by atoms with Gasteiger partial charge in [0.2, 0.25) is 0 Å². The SMILES string of the molecule is Cc1noc(-c2sccc2NS(=O)(=O)c2ccc(C)c(C)c2)n1. The number of aromatic nitrogens is 2. The van der Waals surface area contributed by atoms with Gasteiger partial charge in [0.05, 0.1) is 10.6 Å². The van der Waals surface area contributed by atoms with Crippen molar-refractivity contribution in [2.24, 2.45) is 0 Å². The summed E-state index contributed by atoms with van der Waals surface area (Å²) < 4.78 is 32.9. The first kappa shape index (κ1) is 15.7. The molecule has 0 aliphatic carbocycles. The molecule has 0 bridgehead atoms. The van der Waals surface area contributed by atoms with Crippen molar-refractivity contribution in [3.8, 4) is 10.8 Å². The summed E-state index contributed by atoms with van der Waals surface area (Å²) >= 11 is 1.33. The third kappa shape index (κ3) is 3.13. The molecular weight excluding hydrogens is 334 g/mol. The Kier molecular flexibility index (Phi) is 3.95. The molecule has 0 spiro atoms. The first-order valence-electron chi connectivity index (χ1n) is 6.85. The lowest BCUT2D eigenvalue weighted by atomic mass is 10.1. The Labute approximate surface area is 138 Å². The fourth-order valence-corrected chi connectivity index (χ4v) is 4.02. The molecule has 23 heavy (non-hydrogen) atoms. The van der Waals surface area contributed by atoms with E-state index in [-0.39, 0.29) is 4.90 Å². The van der Waals surface area contributed by atoms with E-state index in [9.17, 15) is 8.42 Å². The molecule has 0 amide bonds. The molecule has 0 saturated heterocycles. The van der Waals surface area contributed by atoms with Crippen molar-refractivity contribution in [2.45, 2.75) is 25.7 Å². The van der Waals surface area contributed by atoms with Crippen molar-refractivity contribution in [3.63, 3.8) is 0 Å². The van der Waals surface area contributed by atoms with E-state index >= 15 is 0 Å². The van der Waals surface area contributed by atoms with Gasteiger partial charge < -0.3 is 4.52 Å². The molecule has 8 heteroatoms. The van der Waals surface area contributed by atoms with E-state index in [1.54, 1.807) is 36.6 Å². The van der Waals surface area contributed by atoms with Crippen molar-refractivity contribution in [2.75, 3.05) is 4.72 Å². The van der Waals surface area contributed by atoms with E-state index in [0.29, 0.717) is 22.3 Å². The van der Waals surface area contributed by atoms with E-state index in [1.807, 2.05) is 13.8 Å². The van der Waals surface area contributed by atoms with Gasteiger partial charge in [-0.25, -0.2) is 8.42 Å². The normalized spacial score (nSPS) is 11.6. The molecule has 0 unspecified atom stereocenters. The Morgan fingerprint density at radius 1 is 1.13 bits per heavy atom. The maximum absolute atomic E-state index is 12.6. The second-order valence-electron chi connectivity index (χ2n) is 5.16. The van der Waals surface area contributed by atoms with Crippen LogP contribution in [0.3, 0.4) is 0 Å². The van der Waals surface area contributed by atoms with E-state index in [1.165, 1.54) is 11.3 Å². The molecule has 1 N–H and O–H groups in total. The molecule has 2 aromatic heterocycles. The van der Waals surface area contributed by atoms with E-state index < -0.39 is 10.0 Å². The standard InChI is InChI=1S/C15H15N3O3S2/c1-9-4-5-12(8-10(9)2)23(19,20)18-13-6-7-22-14(13)15-16-11(3)17-21-15/h4-8,18H,1-3H3. The smallest absolute Gasteiger partial charge is 0.270 e. The van der Waals surface area contributed by atoms with E-state index in [2.05, 4.69) is 14.9 Å². The van der Waals surface area contributed by atoms with Gasteiger partial charge in [-0.05, 0) is 55.5 Å². The molecule has 0 fully saturated rings. The molecule has 6 nitrogen and oxygen atoms in total. The van der Waals surface area contributed by atoms with Crippen molar-refractivity contribution in [1.82, 2.24) is 10.1 Å². The number of nitrogens with zero attached hydrogens (tertiary/aromatic N) is 2. The summed E-state index contributed by atoms with van der Waals surface area (Å²) in [6, 6.07) is 6.71. The predicted molar refractivity (Wildman–Crippen MR) is 89.1 cm³/mol. The van der Waals surface area contributed by atoms with Crippen LogP contribution in [0.15, 0.2) is 39.1 Å². The fraction of sp³-hybridized carbons (Fsp3) is 0.200. The molecule has 2 heterocycles. The van der Waals surface area contributed by atoms with Crippen molar-refractivity contribution in [3.05, 3.63) is 46.6 Å². The van der Waals surface area contributed by atoms with Crippen LogP contribution < -0.4 is 4.72 Å². The minimum absolute atomic E-state index is 0.222. The molecule has 0 atom stereocenters. The number of thiophene rings is 1. The number of hydrogen-bond acceptors (Lipinski definition) is 6. The minimum Gasteiger partial charge on any atom is -0.333 e. The maximum Gasteiger partial charge on any atom is 0.270 e. The molecule has 0 aliphatic heterocycles. The molecule has 0 saturated carbocycles. The second-order valence-corrected chi connectivity index (χ2v) is 7.76. The summed E-state index contributed by atoms with van der Waals surface area (Å²) in [6.45, 7) is 5.53. The Balaban J connectivity index is 1.95. The van der Waals surface area contributed by atoms with Gasteiger partial charge >= 0.3 is 0 Å². The van der Waals surface area contributed by atoms with Crippen LogP contribution in [0.25, 0.3) is 10.8 Å². The third-order valence-electron chi connectivity index (χ3n) is 3.42. The van der Waals surface area contributed by atoms with Gasteiger partial charge in [0.25, 0.3) is 15.9 Å². The number of hydrogen-bond donors (Lipinski definition) is 1. The first-order valence-corrected chi connectivity index (χ1v) is 9.21. The van der Waals surface area contributed by atoms with Crippen LogP contribution in [0.4, 0.5) is 5.69 Å². The first-order chi connectivity index (χ1) is 10.9. The van der Waals surface area contributed by atoms with E-state index in [4.69, 9.17) is 4.52 Å². The van der Waals surface area contributed by atoms with Crippen LogP contribution in [0.1, 0.15) is 17.0 Å². The van der Waals surface area contributed by atoms with Crippen LogP contribution in [-0.4, -0.2) is 18.6 Å². The van der Waals surface area contributed by atoms with Gasteiger partial charge in [-0.3, -0.25) is 4.72 Å². The van der Waals surface area contributed by atoms with Crippen LogP contribution in [0, 0.1) is 20.8 Å². The Morgan fingerprint density at radius 2 is 1.91 bits per heavy atom. The summed E-state index contributed by atoms with van der Waals surface area (Å²) in [4.78, 5) is 4.96. The van der Waals surface area contributed by atoms with Gasteiger partial charge in [-0.2, -0.15) is 4.98 Å². The lowest BCUT2D eigenvalue weighted by molar-refractivity contribution is 0.426. The highest BCUT2D eigenvalue weighted by Crippen LogP contribution is 2.34. The summed E-state index contributed by atoms with van der Waals surface area (Å²) in [5.74, 6) is 0.798. The van der Waals surface area contributed by atoms with Crippen LogP contribution >= 0.6 is 11.3 Å². The maximum atomic E-state index is 12.6. The highest BCUT2D eigenvalue weighted by molar-refractivity contribution is 7.92. The Hall–Kier alpha value is -2.19. The zero-order valence-corrected chi connectivity index (χ0v) is 14.5. The van der Waals surface area contributed by atoms with Gasteiger partial charge in [-0.15, -0.1) is 11.3 Å². The molecule has 3 aromatic rings. The predicted octanol–water partition coefficient (Wildman–Crippen LogP) is 3.52. The van der Waals surface area contributed by atoms with Crippen molar-refractivity contribution in [1.29, 1.82) is 0 Å². The molecule has 0 radical (unpaired) electrons. The molecule has 3 rings (SSSR count). The fourth-order valence-electron chi connectivity index (χ4n) is 2.03. The lowest BCUT2D eigenvalue weighted by Gasteiger charge is -2.09. The van der Waals surface area contributed by atoms with Gasteiger partial charge in [0.1, 0.15) is 4.88 Å². The number of anilines is 1. The number of sulfonamides is 1. The second kappa shape index (κ2) is 5.78. The summed E-state index contributed by atoms with van der Waals surface area (Å²) in [5, 5.41) is 5.50. The van der Waals surface area contributed by atoms with Crippen LogP contribution in [0.2, 0.25) is 0 Å². The summed E-state index contributed by atoms with van der Waals surface area (Å²) in [6.07, 6.45) is 0. The summed E-state index contributed by atoms with van der Waals surface area (Å²) in [5.41, 5.74) is 2.39. The zero-order valence-electron chi connectivity index (χ0n) is 12.8. The van der Waals surface area contributed by atoms with Crippen LogP contribution in [-0.2, 0) is 10.0 Å². The summed E-state index contributed by atoms with van der Waals surface area (Å²) in [7, 11) is -3.68.